The van der Waals surface area contributed by atoms with Crippen LogP contribution < -0.4 is 20.3 Å². The Kier molecular flexibility index (Phi) is 9.63. The molecule has 10 heteroatoms. The maximum absolute atomic E-state index is 11.8. The molecular formula is C21H27ClIN5O3. The zero-order chi connectivity index (χ0) is 21.5. The van der Waals surface area contributed by atoms with E-state index >= 15 is 0 Å². The summed E-state index contributed by atoms with van der Waals surface area (Å²) < 4.78 is 10.1. The van der Waals surface area contributed by atoms with E-state index in [2.05, 4.69) is 25.5 Å². The van der Waals surface area contributed by atoms with Crippen molar-refractivity contribution in [3.63, 3.8) is 0 Å². The summed E-state index contributed by atoms with van der Waals surface area (Å²) in [5.41, 5.74) is 1.35. The van der Waals surface area contributed by atoms with Gasteiger partial charge in [-0.3, -0.25) is 4.99 Å². The lowest BCUT2D eigenvalue weighted by molar-refractivity contribution is 0.0597. The Morgan fingerprint density at radius 1 is 1.35 bits per heavy atom. The first-order chi connectivity index (χ1) is 14.5. The Hall–Kier alpha value is -2.27. The van der Waals surface area contributed by atoms with E-state index in [0.717, 1.165) is 30.9 Å². The topological polar surface area (TPSA) is 88.1 Å². The van der Waals surface area contributed by atoms with E-state index in [0.29, 0.717) is 28.8 Å². The number of anilines is 1. The number of carbonyl (C=O) groups excluding carboxylic acids is 1. The van der Waals surface area contributed by atoms with E-state index < -0.39 is 5.97 Å². The molecule has 1 fully saturated rings. The highest BCUT2D eigenvalue weighted by atomic mass is 127. The van der Waals surface area contributed by atoms with Crippen LogP contribution in [0.4, 0.5) is 5.82 Å². The average Bonchev–Trinajstić information content (AvgIpc) is 3.24. The fourth-order valence-electron chi connectivity index (χ4n) is 3.38. The zero-order valence-electron chi connectivity index (χ0n) is 17.7. The van der Waals surface area contributed by atoms with Crippen molar-refractivity contribution in [2.45, 2.75) is 19.0 Å². The van der Waals surface area contributed by atoms with Crippen LogP contribution in [0.3, 0.4) is 0 Å². The molecule has 0 radical (unpaired) electrons. The minimum Gasteiger partial charge on any atom is -0.496 e. The number of methoxy groups -OCH3 is 2. The highest BCUT2D eigenvalue weighted by Crippen LogP contribution is 2.26. The fraction of sp³-hybridized carbons (Fsp3) is 0.381. The van der Waals surface area contributed by atoms with Gasteiger partial charge in [0.15, 0.2) is 5.96 Å². The van der Waals surface area contributed by atoms with E-state index in [1.54, 1.807) is 19.3 Å². The maximum Gasteiger partial charge on any atom is 0.341 e. The molecule has 3 rings (SSSR count). The molecule has 0 aliphatic carbocycles. The molecule has 0 spiro atoms. The molecule has 168 valence electrons. The van der Waals surface area contributed by atoms with Crippen LogP contribution in [0, 0.1) is 0 Å². The van der Waals surface area contributed by atoms with Gasteiger partial charge in [-0.25, -0.2) is 9.78 Å². The third-order valence-electron chi connectivity index (χ3n) is 4.92. The van der Waals surface area contributed by atoms with Gasteiger partial charge in [-0.05, 0) is 36.2 Å². The van der Waals surface area contributed by atoms with Gasteiger partial charge in [0, 0.05) is 38.9 Å². The summed E-state index contributed by atoms with van der Waals surface area (Å²) in [7, 11) is 4.61. The summed E-state index contributed by atoms with van der Waals surface area (Å²) >= 11 is 6.27. The molecule has 8 nitrogen and oxygen atoms in total. The number of aromatic nitrogens is 1. The van der Waals surface area contributed by atoms with Crippen molar-refractivity contribution in [2.24, 2.45) is 4.99 Å². The number of hydrogen-bond acceptors (Lipinski definition) is 6. The first kappa shape index (κ1) is 25.0. The summed E-state index contributed by atoms with van der Waals surface area (Å²) in [6, 6.07) is 9.28. The van der Waals surface area contributed by atoms with Gasteiger partial charge in [-0.1, -0.05) is 17.7 Å². The Morgan fingerprint density at radius 2 is 2.16 bits per heavy atom. The summed E-state index contributed by atoms with van der Waals surface area (Å²) in [4.78, 5) is 22.7. The van der Waals surface area contributed by atoms with Gasteiger partial charge in [-0.15, -0.1) is 24.0 Å². The Bertz CT molecular complexity index is 928. The molecule has 1 unspecified atom stereocenters. The van der Waals surface area contributed by atoms with Gasteiger partial charge in [-0.2, -0.15) is 0 Å². The SMILES string of the molecule is CN=C(NCc1ccc(C(=O)OC)c(OC)c1)NC1CCN(c2ncccc2Cl)C1.I. The predicted molar refractivity (Wildman–Crippen MR) is 133 cm³/mol. The third kappa shape index (κ3) is 6.36. The van der Waals surface area contributed by atoms with E-state index in [1.807, 2.05) is 24.3 Å². The lowest BCUT2D eigenvalue weighted by Crippen LogP contribution is -2.44. The van der Waals surface area contributed by atoms with Gasteiger partial charge in [0.25, 0.3) is 0 Å². The van der Waals surface area contributed by atoms with Crippen molar-refractivity contribution in [1.29, 1.82) is 0 Å². The van der Waals surface area contributed by atoms with Crippen LogP contribution in [0.25, 0.3) is 0 Å². The first-order valence-corrected chi connectivity index (χ1v) is 10.0. The number of carbonyl (C=O) groups is 1. The van der Waals surface area contributed by atoms with Crippen LogP contribution in [-0.2, 0) is 11.3 Å². The monoisotopic (exact) mass is 559 g/mol. The molecule has 2 aromatic rings. The average molecular weight is 560 g/mol. The number of guanidine groups is 1. The van der Waals surface area contributed by atoms with Gasteiger partial charge >= 0.3 is 5.97 Å². The lowest BCUT2D eigenvalue weighted by atomic mass is 10.1. The number of halogens is 2. The fourth-order valence-corrected chi connectivity index (χ4v) is 3.62. The molecule has 1 aromatic heterocycles. The number of nitrogens with one attached hydrogen (secondary N) is 2. The zero-order valence-corrected chi connectivity index (χ0v) is 20.8. The van der Waals surface area contributed by atoms with Crippen LogP contribution in [0.15, 0.2) is 41.5 Å². The number of rotatable bonds is 6. The van der Waals surface area contributed by atoms with Crippen LogP contribution in [0.1, 0.15) is 22.3 Å². The first-order valence-electron chi connectivity index (χ1n) is 9.63. The Balaban J connectivity index is 0.00000341. The minimum atomic E-state index is -0.428. The lowest BCUT2D eigenvalue weighted by Gasteiger charge is -2.20. The van der Waals surface area contributed by atoms with Crippen LogP contribution in [0.2, 0.25) is 5.02 Å². The van der Waals surface area contributed by atoms with Gasteiger partial charge < -0.3 is 25.0 Å². The smallest absolute Gasteiger partial charge is 0.341 e. The van der Waals surface area contributed by atoms with E-state index in [9.17, 15) is 4.79 Å². The molecule has 0 saturated carbocycles. The highest BCUT2D eigenvalue weighted by Gasteiger charge is 2.25. The number of hydrogen-bond donors (Lipinski definition) is 2. The molecule has 0 amide bonds. The van der Waals surface area contributed by atoms with Crippen molar-refractivity contribution in [3.8, 4) is 5.75 Å². The molecule has 1 aliphatic rings. The van der Waals surface area contributed by atoms with Crippen molar-refractivity contribution < 1.29 is 14.3 Å². The standard InChI is InChI=1S/C21H26ClN5O3.HI/c1-23-21(25-12-14-6-7-16(20(28)30-3)18(11-14)29-2)26-15-8-10-27(13-15)19-17(22)5-4-9-24-19;/h4-7,9,11,15H,8,10,12-13H2,1-3H3,(H2,23,25,26);1H. The van der Waals surface area contributed by atoms with Gasteiger partial charge in [0.1, 0.15) is 17.1 Å². The molecular weight excluding hydrogens is 533 g/mol. The second-order valence-electron chi connectivity index (χ2n) is 6.84. The van der Waals surface area contributed by atoms with Gasteiger partial charge in [0.2, 0.25) is 0 Å². The minimum absolute atomic E-state index is 0. The van der Waals surface area contributed by atoms with Gasteiger partial charge in [0.05, 0.1) is 19.2 Å². The summed E-state index contributed by atoms with van der Waals surface area (Å²) in [6.07, 6.45) is 2.71. The quantitative estimate of drug-likeness (QED) is 0.243. The van der Waals surface area contributed by atoms with E-state index in [4.69, 9.17) is 21.1 Å². The molecule has 1 saturated heterocycles. The normalized spacial score (nSPS) is 15.8. The highest BCUT2D eigenvalue weighted by molar-refractivity contribution is 14.0. The summed E-state index contributed by atoms with van der Waals surface area (Å²) in [6.45, 7) is 2.19. The van der Waals surface area contributed by atoms with Crippen LogP contribution in [-0.4, -0.2) is 57.3 Å². The Morgan fingerprint density at radius 3 is 2.84 bits per heavy atom. The molecule has 2 N–H and O–H groups in total. The maximum atomic E-state index is 11.8. The van der Waals surface area contributed by atoms with Crippen molar-refractivity contribution in [2.75, 3.05) is 39.3 Å². The number of esters is 1. The molecule has 31 heavy (non-hydrogen) atoms. The largest absolute Gasteiger partial charge is 0.496 e. The van der Waals surface area contributed by atoms with Crippen LogP contribution in [0.5, 0.6) is 5.75 Å². The number of aliphatic imine (C=N–C) groups is 1. The second-order valence-corrected chi connectivity index (χ2v) is 7.24. The Labute approximate surface area is 204 Å². The molecule has 1 aliphatic heterocycles. The van der Waals surface area contributed by atoms with Crippen LogP contribution >= 0.6 is 35.6 Å². The summed E-state index contributed by atoms with van der Waals surface area (Å²) in [5, 5.41) is 7.40. The number of ether oxygens (including phenoxy) is 2. The molecule has 0 bridgehead atoms. The van der Waals surface area contributed by atoms with E-state index in [-0.39, 0.29) is 30.0 Å². The molecule has 2 heterocycles. The van der Waals surface area contributed by atoms with Crippen molar-refractivity contribution in [3.05, 3.63) is 52.7 Å². The second kappa shape index (κ2) is 11.9. The number of pyridine rings is 1. The van der Waals surface area contributed by atoms with E-state index in [1.165, 1.54) is 14.2 Å². The van der Waals surface area contributed by atoms with Crippen molar-refractivity contribution >= 4 is 53.3 Å². The molecule has 1 atom stereocenters. The number of nitrogens with zero attached hydrogens (tertiary/aromatic N) is 3. The summed E-state index contributed by atoms with van der Waals surface area (Å²) in [5.74, 6) is 1.56. The third-order valence-corrected chi connectivity index (χ3v) is 5.22. The number of benzene rings is 1. The van der Waals surface area contributed by atoms with Crippen molar-refractivity contribution in [1.82, 2.24) is 15.6 Å². The predicted octanol–water partition coefficient (Wildman–Crippen LogP) is 3.09. The molecule has 1 aromatic carbocycles.